The molecule has 0 bridgehead atoms. The van der Waals surface area contributed by atoms with Crippen LogP contribution in [0.15, 0.2) is 53.9 Å². The summed E-state index contributed by atoms with van der Waals surface area (Å²) in [7, 11) is 0. The number of para-hydroxylation sites is 1. The lowest BCUT2D eigenvalue weighted by atomic mass is 10.1. The van der Waals surface area contributed by atoms with Gasteiger partial charge in [0.05, 0.1) is 16.9 Å². The molecule has 3 rings (SSSR count). The van der Waals surface area contributed by atoms with Crippen LogP contribution < -0.4 is 5.32 Å². The molecule has 118 valence electrons. The number of aromatic nitrogens is 1. The van der Waals surface area contributed by atoms with Gasteiger partial charge in [0, 0.05) is 10.9 Å². The molecule has 2 aromatic carbocycles. The van der Waals surface area contributed by atoms with E-state index in [1.807, 2.05) is 0 Å². The van der Waals surface area contributed by atoms with Gasteiger partial charge in [0.15, 0.2) is 5.13 Å². The Morgan fingerprint density at radius 2 is 1.78 bits per heavy atom. The van der Waals surface area contributed by atoms with E-state index in [0.29, 0.717) is 16.4 Å². The minimum atomic E-state index is -4.40. The van der Waals surface area contributed by atoms with Crippen LogP contribution >= 0.6 is 11.3 Å². The maximum atomic E-state index is 13.6. The number of alkyl halides is 3. The summed E-state index contributed by atoms with van der Waals surface area (Å²) in [6.45, 7) is 0. The predicted octanol–water partition coefficient (Wildman–Crippen LogP) is 5.71. The van der Waals surface area contributed by atoms with Gasteiger partial charge < -0.3 is 5.32 Å². The highest BCUT2D eigenvalue weighted by atomic mass is 32.1. The van der Waals surface area contributed by atoms with Crippen molar-refractivity contribution in [3.8, 4) is 11.3 Å². The van der Waals surface area contributed by atoms with Gasteiger partial charge in [0.25, 0.3) is 0 Å². The average molecular weight is 338 g/mol. The van der Waals surface area contributed by atoms with E-state index in [0.717, 1.165) is 12.1 Å². The van der Waals surface area contributed by atoms with Gasteiger partial charge in [-0.1, -0.05) is 24.3 Å². The molecule has 0 fully saturated rings. The monoisotopic (exact) mass is 338 g/mol. The van der Waals surface area contributed by atoms with Crippen LogP contribution in [0.1, 0.15) is 5.56 Å². The molecule has 0 aliphatic rings. The average Bonchev–Trinajstić information content (AvgIpc) is 2.98. The Labute approximate surface area is 133 Å². The third-order valence-electron chi connectivity index (χ3n) is 3.11. The molecule has 0 aliphatic heterocycles. The molecule has 1 N–H and O–H groups in total. The van der Waals surface area contributed by atoms with Crippen LogP contribution in [-0.4, -0.2) is 4.98 Å². The van der Waals surface area contributed by atoms with Gasteiger partial charge in [-0.3, -0.25) is 0 Å². The molecule has 0 aliphatic carbocycles. The van der Waals surface area contributed by atoms with Crippen molar-refractivity contribution in [2.24, 2.45) is 0 Å². The summed E-state index contributed by atoms with van der Waals surface area (Å²) in [5, 5.41) is 4.85. The molecule has 0 saturated heterocycles. The minimum Gasteiger partial charge on any atom is -0.329 e. The van der Waals surface area contributed by atoms with Crippen LogP contribution in [0.5, 0.6) is 0 Å². The van der Waals surface area contributed by atoms with Crippen molar-refractivity contribution in [1.29, 1.82) is 0 Å². The largest absolute Gasteiger partial charge is 0.416 e. The molecule has 7 heteroatoms. The van der Waals surface area contributed by atoms with E-state index < -0.39 is 17.6 Å². The molecule has 0 radical (unpaired) electrons. The summed E-state index contributed by atoms with van der Waals surface area (Å²) in [6, 6.07) is 11.0. The first-order chi connectivity index (χ1) is 10.9. The van der Waals surface area contributed by atoms with Gasteiger partial charge >= 0.3 is 6.18 Å². The summed E-state index contributed by atoms with van der Waals surface area (Å²) in [5.41, 5.74) is 0.293. The van der Waals surface area contributed by atoms with Crippen LogP contribution in [-0.2, 0) is 6.18 Å². The van der Waals surface area contributed by atoms with E-state index in [-0.39, 0.29) is 5.69 Å². The van der Waals surface area contributed by atoms with Gasteiger partial charge in [-0.2, -0.15) is 13.2 Å². The van der Waals surface area contributed by atoms with E-state index in [9.17, 15) is 17.6 Å². The van der Waals surface area contributed by atoms with E-state index in [4.69, 9.17) is 0 Å². The number of rotatable bonds is 3. The highest BCUT2D eigenvalue weighted by molar-refractivity contribution is 7.14. The molecular weight excluding hydrogens is 328 g/mol. The van der Waals surface area contributed by atoms with Gasteiger partial charge in [0.2, 0.25) is 0 Å². The first-order valence-electron chi connectivity index (χ1n) is 6.58. The molecule has 3 aromatic rings. The Hall–Kier alpha value is -2.41. The fourth-order valence-electron chi connectivity index (χ4n) is 2.00. The first-order valence-corrected chi connectivity index (χ1v) is 7.46. The number of hydrogen-bond acceptors (Lipinski definition) is 3. The number of anilines is 2. The molecule has 2 nitrogen and oxygen atoms in total. The fourth-order valence-corrected chi connectivity index (χ4v) is 2.73. The van der Waals surface area contributed by atoms with Crippen LogP contribution in [0.25, 0.3) is 11.3 Å². The third-order valence-corrected chi connectivity index (χ3v) is 3.86. The van der Waals surface area contributed by atoms with E-state index in [1.165, 1.54) is 23.5 Å². The van der Waals surface area contributed by atoms with Gasteiger partial charge in [-0.05, 0) is 24.3 Å². The van der Waals surface area contributed by atoms with Gasteiger partial charge in [-0.25, -0.2) is 9.37 Å². The minimum absolute atomic E-state index is 0.262. The van der Waals surface area contributed by atoms with E-state index in [1.54, 1.807) is 29.6 Å². The van der Waals surface area contributed by atoms with Crippen molar-refractivity contribution >= 4 is 22.2 Å². The molecule has 1 heterocycles. The summed E-state index contributed by atoms with van der Waals surface area (Å²) < 4.78 is 51.8. The standard InChI is InChI=1S/C16H10F4N2S/c17-12-6-1-2-7-13(12)21-15-22-14(9-23-15)10-4-3-5-11(8-10)16(18,19)20/h1-9H,(H,21,22). The first kappa shape index (κ1) is 15.5. The van der Waals surface area contributed by atoms with Gasteiger partial charge in [-0.15, -0.1) is 11.3 Å². The lowest BCUT2D eigenvalue weighted by molar-refractivity contribution is -0.137. The molecule has 1 aromatic heterocycles. The Morgan fingerprint density at radius 3 is 2.52 bits per heavy atom. The number of hydrogen-bond donors (Lipinski definition) is 1. The molecule has 0 spiro atoms. The summed E-state index contributed by atoms with van der Waals surface area (Å²) in [4.78, 5) is 4.21. The maximum absolute atomic E-state index is 13.6. The maximum Gasteiger partial charge on any atom is 0.416 e. The third kappa shape index (κ3) is 3.50. The van der Waals surface area contributed by atoms with Crippen LogP contribution in [0.2, 0.25) is 0 Å². The van der Waals surface area contributed by atoms with Crippen molar-refractivity contribution < 1.29 is 17.6 Å². The Balaban J connectivity index is 1.86. The summed E-state index contributed by atoms with van der Waals surface area (Å²) in [5.74, 6) is -0.427. The van der Waals surface area contributed by atoms with Crippen molar-refractivity contribution in [3.63, 3.8) is 0 Å². The second-order valence-corrected chi connectivity index (χ2v) is 5.58. The van der Waals surface area contributed by atoms with Crippen LogP contribution in [0.3, 0.4) is 0 Å². The predicted molar refractivity (Wildman–Crippen MR) is 82.2 cm³/mol. The number of nitrogens with zero attached hydrogens (tertiary/aromatic N) is 1. The fraction of sp³-hybridized carbons (Fsp3) is 0.0625. The molecule has 0 atom stereocenters. The topological polar surface area (TPSA) is 24.9 Å². The number of nitrogens with one attached hydrogen (secondary N) is 1. The Kier molecular flexibility index (Phi) is 4.04. The highest BCUT2D eigenvalue weighted by Crippen LogP contribution is 2.33. The van der Waals surface area contributed by atoms with E-state index in [2.05, 4.69) is 10.3 Å². The second-order valence-electron chi connectivity index (χ2n) is 4.72. The normalized spacial score (nSPS) is 11.5. The van der Waals surface area contributed by atoms with Crippen molar-refractivity contribution in [3.05, 3.63) is 65.3 Å². The molecular formula is C16H10F4N2S. The molecule has 0 unspecified atom stereocenters. The van der Waals surface area contributed by atoms with Crippen LogP contribution in [0, 0.1) is 5.82 Å². The Morgan fingerprint density at radius 1 is 1.00 bits per heavy atom. The van der Waals surface area contributed by atoms with Crippen LogP contribution in [0.4, 0.5) is 28.4 Å². The number of benzene rings is 2. The smallest absolute Gasteiger partial charge is 0.329 e. The zero-order valence-electron chi connectivity index (χ0n) is 11.6. The van der Waals surface area contributed by atoms with E-state index >= 15 is 0 Å². The molecule has 23 heavy (non-hydrogen) atoms. The zero-order valence-corrected chi connectivity index (χ0v) is 12.4. The quantitative estimate of drug-likeness (QED) is 0.619. The SMILES string of the molecule is Fc1ccccc1Nc1nc(-c2cccc(C(F)(F)F)c2)cs1. The lowest BCUT2D eigenvalue weighted by Gasteiger charge is -2.07. The lowest BCUT2D eigenvalue weighted by Crippen LogP contribution is -2.04. The summed E-state index contributed by atoms with van der Waals surface area (Å²) in [6.07, 6.45) is -4.40. The second kappa shape index (κ2) is 6.00. The van der Waals surface area contributed by atoms with Crippen molar-refractivity contribution in [2.45, 2.75) is 6.18 Å². The number of thiazole rings is 1. The van der Waals surface area contributed by atoms with Crippen molar-refractivity contribution in [2.75, 3.05) is 5.32 Å². The highest BCUT2D eigenvalue weighted by Gasteiger charge is 2.30. The number of halogens is 4. The molecule has 0 amide bonds. The molecule has 0 saturated carbocycles. The Bertz CT molecular complexity index is 827. The zero-order chi connectivity index (χ0) is 16.4. The summed E-state index contributed by atoms with van der Waals surface area (Å²) >= 11 is 1.19. The van der Waals surface area contributed by atoms with Gasteiger partial charge in [0.1, 0.15) is 5.82 Å². The van der Waals surface area contributed by atoms with Crippen molar-refractivity contribution in [1.82, 2.24) is 4.98 Å².